The van der Waals surface area contributed by atoms with Crippen LogP contribution in [0.15, 0.2) is 48.5 Å². The van der Waals surface area contributed by atoms with Gasteiger partial charge in [-0.15, -0.1) is 10.2 Å². The molecule has 0 unspecified atom stereocenters. The molecule has 5 rings (SSSR count). The Morgan fingerprint density at radius 3 is 0.919 bits per heavy atom. The molecule has 2 aromatic carbocycles. The van der Waals surface area contributed by atoms with E-state index in [4.69, 9.17) is 18.9 Å². The number of ether oxygens (including phenoxy) is 4. The standard InChI is InChI=1S/C64H92N8O12S2/c1-35(2)27-47-61(77)81-41(13)57(73)69(15)50(30-38(7)8)64(80)84-52(32-44-21-25-46(26-22-44)34-54-56(40(11)12)66-68-86-54)60(76)72(18)48(28-36(3)4)62(78)82-42(14)58(74)70(16)49(29-37(5)6)63(79)83-51(59(75)71(47)17)31-43-19-23-45(24-20-43)33-53-55(39(9)10)65-67-85-53/h19-26,35-42,47-52H,27-34H2,1-18H3/t41-,42-,47+,48+,49+,50+,51-,52-/m1/s1. The summed E-state index contributed by atoms with van der Waals surface area (Å²) in [6.07, 6.45) is -4.84. The van der Waals surface area contributed by atoms with Crippen molar-refractivity contribution in [2.45, 2.75) is 209 Å². The molecule has 2 aromatic heterocycles. The SMILES string of the molecule is CC(C)C[C@H]1C(=O)O[C@H](Cc2ccc(Cc3snnc3C(C)C)cc2)C(=O)N(C)[C@@H](CC(C)C)C(=O)O[C@H](C)C(=O)N(C)[C@@H](CC(C)C)C(=O)O[C@H](Cc2ccc(Cc3snnc3C(C)C)cc2)C(=O)N(C)[C@@H](CC(C)C)C(=O)O[C@H](C)C(=O)N1C. The summed E-state index contributed by atoms with van der Waals surface area (Å²) >= 11 is 2.66. The smallest absolute Gasteiger partial charge is 0.329 e. The highest BCUT2D eigenvalue weighted by atomic mass is 32.1. The molecular weight excluding hydrogens is 1140 g/mol. The largest absolute Gasteiger partial charge is 0.451 e. The number of likely N-dealkylation sites (N-methyl/N-ethyl adjacent to an activating group) is 4. The molecule has 20 nitrogen and oxygen atoms in total. The second-order valence-corrected chi connectivity index (χ2v) is 26.9. The maximum Gasteiger partial charge on any atom is 0.329 e. The average molecular weight is 1230 g/mol. The van der Waals surface area contributed by atoms with Gasteiger partial charge in [0.15, 0.2) is 24.4 Å². The van der Waals surface area contributed by atoms with Crippen molar-refractivity contribution in [3.05, 3.63) is 91.9 Å². The van der Waals surface area contributed by atoms with E-state index >= 15 is 9.59 Å². The van der Waals surface area contributed by atoms with Crippen molar-refractivity contribution in [1.29, 1.82) is 0 Å². The molecule has 0 aliphatic carbocycles. The fourth-order valence-corrected chi connectivity index (χ4v) is 12.1. The lowest BCUT2D eigenvalue weighted by Crippen LogP contribution is -2.55. The van der Waals surface area contributed by atoms with Gasteiger partial charge in [0.05, 0.1) is 21.1 Å². The van der Waals surface area contributed by atoms with Crippen LogP contribution in [0.3, 0.4) is 0 Å². The van der Waals surface area contributed by atoms with E-state index in [1.54, 1.807) is 0 Å². The molecule has 1 saturated heterocycles. The first-order valence-electron chi connectivity index (χ1n) is 30.0. The van der Waals surface area contributed by atoms with E-state index in [0.29, 0.717) is 24.0 Å². The number of rotatable bonds is 18. The summed E-state index contributed by atoms with van der Waals surface area (Å²) in [4.78, 5) is 125. The third-order valence-electron chi connectivity index (χ3n) is 15.4. The van der Waals surface area contributed by atoms with Crippen molar-refractivity contribution in [3.63, 3.8) is 0 Å². The molecule has 3 heterocycles. The second kappa shape index (κ2) is 31.8. The van der Waals surface area contributed by atoms with Crippen LogP contribution >= 0.6 is 23.1 Å². The molecule has 8 atom stereocenters. The first kappa shape index (κ1) is 70.1. The molecular formula is C64H92N8O12S2. The van der Waals surface area contributed by atoms with Crippen LogP contribution in [-0.2, 0) is 83.0 Å². The van der Waals surface area contributed by atoms with Gasteiger partial charge in [-0.25, -0.2) is 19.2 Å². The summed E-state index contributed by atoms with van der Waals surface area (Å²) in [6, 6.07) is 9.81. The lowest BCUT2D eigenvalue weighted by molar-refractivity contribution is -0.176. The molecule has 1 aliphatic rings. The molecule has 0 radical (unpaired) electrons. The van der Waals surface area contributed by atoms with Gasteiger partial charge in [-0.3, -0.25) is 19.2 Å². The molecule has 0 bridgehead atoms. The molecule has 22 heteroatoms. The first-order valence-corrected chi connectivity index (χ1v) is 31.6. The van der Waals surface area contributed by atoms with Gasteiger partial charge in [0.1, 0.15) is 24.2 Å². The number of esters is 4. The quantitative estimate of drug-likeness (QED) is 0.0668. The molecule has 472 valence electrons. The maximum atomic E-state index is 15.1. The summed E-state index contributed by atoms with van der Waals surface area (Å²) in [6.45, 7) is 25.8. The van der Waals surface area contributed by atoms with E-state index < -0.39 is 96.1 Å². The van der Waals surface area contributed by atoms with Gasteiger partial charge in [0, 0.05) is 53.9 Å². The van der Waals surface area contributed by atoms with Crippen LogP contribution in [0.25, 0.3) is 0 Å². The molecule has 4 amide bonds. The molecule has 0 saturated carbocycles. The zero-order valence-corrected chi connectivity index (χ0v) is 55.3. The summed E-state index contributed by atoms with van der Waals surface area (Å²) in [5, 5.41) is 8.62. The van der Waals surface area contributed by atoms with Gasteiger partial charge in [0.25, 0.3) is 23.6 Å². The summed E-state index contributed by atoms with van der Waals surface area (Å²) in [5.74, 6) is -7.08. The predicted octanol–water partition coefficient (Wildman–Crippen LogP) is 8.80. The first-order chi connectivity index (χ1) is 40.4. The molecule has 1 aliphatic heterocycles. The summed E-state index contributed by atoms with van der Waals surface area (Å²) < 4.78 is 32.7. The number of amides is 4. The lowest BCUT2D eigenvalue weighted by atomic mass is 9.99. The summed E-state index contributed by atoms with van der Waals surface area (Å²) in [7, 11) is 5.60. The molecule has 1 fully saturated rings. The number of cyclic esters (lactones) is 4. The summed E-state index contributed by atoms with van der Waals surface area (Å²) in [5.41, 5.74) is 4.99. The Kier molecular flexibility index (Phi) is 25.9. The zero-order chi connectivity index (χ0) is 64.0. The number of hydrogen-bond donors (Lipinski definition) is 0. The minimum absolute atomic E-state index is 0.0807. The van der Waals surface area contributed by atoms with Crippen LogP contribution in [0.5, 0.6) is 0 Å². The van der Waals surface area contributed by atoms with E-state index in [2.05, 4.69) is 46.9 Å². The van der Waals surface area contributed by atoms with Gasteiger partial charge in [-0.05, 0) is 120 Å². The zero-order valence-electron chi connectivity index (χ0n) is 53.7. The Morgan fingerprint density at radius 1 is 0.395 bits per heavy atom. The van der Waals surface area contributed by atoms with Crippen LogP contribution < -0.4 is 0 Å². The normalized spacial score (nSPS) is 22.6. The van der Waals surface area contributed by atoms with E-state index in [9.17, 15) is 28.8 Å². The average Bonchev–Trinajstić information content (AvgIpc) is 2.66. The number of aromatic nitrogens is 4. The molecule has 86 heavy (non-hydrogen) atoms. The Morgan fingerprint density at radius 2 is 0.651 bits per heavy atom. The van der Waals surface area contributed by atoms with Crippen molar-refractivity contribution in [2.24, 2.45) is 23.7 Å². The Balaban J connectivity index is 1.59. The highest BCUT2D eigenvalue weighted by Crippen LogP contribution is 2.28. The van der Waals surface area contributed by atoms with Gasteiger partial charge in [-0.2, -0.15) is 0 Å². The van der Waals surface area contributed by atoms with E-state index in [0.717, 1.165) is 42.1 Å². The van der Waals surface area contributed by atoms with Crippen LogP contribution in [0.1, 0.15) is 178 Å². The number of nitrogens with zero attached hydrogens (tertiary/aromatic N) is 8. The Bertz CT molecular complexity index is 2730. The number of carbonyl (C=O) groups is 8. The second-order valence-electron chi connectivity index (χ2n) is 25.3. The van der Waals surface area contributed by atoms with E-state index in [1.165, 1.54) is 74.9 Å². The van der Waals surface area contributed by atoms with Crippen LogP contribution in [-0.4, -0.2) is 163 Å². The third-order valence-corrected chi connectivity index (χ3v) is 16.8. The van der Waals surface area contributed by atoms with Crippen LogP contribution in [0.2, 0.25) is 0 Å². The van der Waals surface area contributed by atoms with Gasteiger partial charge >= 0.3 is 23.9 Å². The monoisotopic (exact) mass is 1230 g/mol. The van der Waals surface area contributed by atoms with Crippen molar-refractivity contribution >= 4 is 70.6 Å². The van der Waals surface area contributed by atoms with Gasteiger partial charge in [0.2, 0.25) is 0 Å². The third kappa shape index (κ3) is 19.2. The van der Waals surface area contributed by atoms with Crippen LogP contribution in [0.4, 0.5) is 0 Å². The van der Waals surface area contributed by atoms with E-state index in [-0.39, 0.29) is 74.0 Å². The number of benzene rings is 2. The van der Waals surface area contributed by atoms with E-state index in [1.807, 2.05) is 104 Å². The fraction of sp³-hybridized carbons (Fsp3) is 0.625. The predicted molar refractivity (Wildman–Crippen MR) is 329 cm³/mol. The van der Waals surface area contributed by atoms with Crippen LogP contribution in [0, 0.1) is 23.7 Å². The Hall–Kier alpha value is -6.68. The van der Waals surface area contributed by atoms with Gasteiger partial charge < -0.3 is 38.5 Å². The molecule has 4 aromatic rings. The van der Waals surface area contributed by atoms with Gasteiger partial charge in [-0.1, -0.05) is 141 Å². The topological polar surface area (TPSA) is 238 Å². The fourth-order valence-electron chi connectivity index (χ4n) is 10.4. The molecule has 0 N–H and O–H groups in total. The van der Waals surface area contributed by atoms with Crippen molar-refractivity contribution in [1.82, 2.24) is 38.8 Å². The minimum Gasteiger partial charge on any atom is -0.451 e. The highest BCUT2D eigenvalue weighted by molar-refractivity contribution is 7.05. The lowest BCUT2D eigenvalue weighted by Gasteiger charge is -2.35. The highest BCUT2D eigenvalue weighted by Gasteiger charge is 2.43. The number of hydrogen-bond acceptors (Lipinski definition) is 18. The van der Waals surface area contributed by atoms with Crippen molar-refractivity contribution in [2.75, 3.05) is 28.2 Å². The Labute approximate surface area is 516 Å². The number of carbonyl (C=O) groups excluding carboxylic acids is 8. The molecule has 0 spiro atoms. The van der Waals surface area contributed by atoms with Crippen molar-refractivity contribution in [3.8, 4) is 0 Å². The maximum absolute atomic E-state index is 15.1. The minimum atomic E-state index is -1.54. The van der Waals surface area contributed by atoms with Crippen molar-refractivity contribution < 1.29 is 57.3 Å².